The summed E-state index contributed by atoms with van der Waals surface area (Å²) in [5.41, 5.74) is 0.686. The van der Waals surface area contributed by atoms with Crippen molar-refractivity contribution in [3.63, 3.8) is 0 Å². The maximum absolute atomic E-state index is 12.3. The molecule has 0 saturated carbocycles. The molecule has 1 N–H and O–H groups in total. The quantitative estimate of drug-likeness (QED) is 0.846. The minimum Gasteiger partial charge on any atom is -0.322 e. The Balaban J connectivity index is 1.95. The number of hydrogen-bond donors (Lipinski definition) is 1. The van der Waals surface area contributed by atoms with Gasteiger partial charge in [0.1, 0.15) is 0 Å². The number of halogens is 2. The third-order valence-electron chi connectivity index (χ3n) is 3.71. The van der Waals surface area contributed by atoms with E-state index in [1.54, 1.807) is 23.1 Å². The van der Waals surface area contributed by atoms with Crippen LogP contribution in [0.25, 0.3) is 0 Å². The number of carbonyl (C=O) groups is 1. The lowest BCUT2D eigenvalue weighted by molar-refractivity contribution is 0.0774. The zero-order valence-electron chi connectivity index (χ0n) is 12.6. The van der Waals surface area contributed by atoms with Crippen LogP contribution in [0.2, 0.25) is 10.0 Å². The molecule has 0 radical (unpaired) electrons. The number of hydrogen-bond acceptors (Lipinski definition) is 2. The first-order valence-electron chi connectivity index (χ1n) is 7.04. The largest absolute Gasteiger partial charge is 0.322 e. The summed E-state index contributed by atoms with van der Waals surface area (Å²) in [6.07, 6.45) is 0. The van der Waals surface area contributed by atoms with Gasteiger partial charge in [0.05, 0.1) is 15.7 Å². The molecule has 0 unspecified atom stereocenters. The highest BCUT2D eigenvalue weighted by Crippen LogP contribution is 2.29. The average molecular weight is 330 g/mol. The van der Waals surface area contributed by atoms with Gasteiger partial charge >= 0.3 is 6.03 Å². The molecule has 1 aromatic carbocycles. The number of amides is 2. The van der Waals surface area contributed by atoms with Crippen molar-refractivity contribution in [3.05, 3.63) is 28.2 Å². The molecule has 2 amide bonds. The van der Waals surface area contributed by atoms with Crippen LogP contribution in [0.3, 0.4) is 0 Å². The van der Waals surface area contributed by atoms with Crippen molar-refractivity contribution < 1.29 is 4.79 Å². The van der Waals surface area contributed by atoms with Crippen LogP contribution in [0.4, 0.5) is 10.5 Å². The van der Waals surface area contributed by atoms with E-state index in [1.165, 1.54) is 0 Å². The first-order chi connectivity index (χ1) is 9.79. The van der Waals surface area contributed by atoms with Gasteiger partial charge in [-0.15, -0.1) is 0 Å². The number of piperazine rings is 1. The van der Waals surface area contributed by atoms with Crippen LogP contribution < -0.4 is 5.32 Å². The van der Waals surface area contributed by atoms with Crippen LogP contribution in [0, 0.1) is 0 Å². The van der Waals surface area contributed by atoms with E-state index in [-0.39, 0.29) is 11.6 Å². The summed E-state index contributed by atoms with van der Waals surface area (Å²) in [6.45, 7) is 9.74. The lowest BCUT2D eigenvalue weighted by atomic mass is 10.1. The lowest BCUT2D eigenvalue weighted by Crippen LogP contribution is -2.55. The molecule has 116 valence electrons. The average Bonchev–Trinajstić information content (AvgIpc) is 2.43. The molecular formula is C15H21Cl2N3O. The fraction of sp³-hybridized carbons (Fsp3) is 0.533. The molecule has 0 aromatic heterocycles. The number of rotatable bonds is 1. The Hall–Kier alpha value is -0.970. The summed E-state index contributed by atoms with van der Waals surface area (Å²) >= 11 is 12.0. The van der Waals surface area contributed by atoms with Gasteiger partial charge in [-0.1, -0.05) is 29.3 Å². The molecule has 0 spiro atoms. The number of carbonyl (C=O) groups excluding carboxylic acids is 1. The second-order valence-electron chi connectivity index (χ2n) is 6.18. The highest BCUT2D eigenvalue weighted by atomic mass is 35.5. The molecule has 1 fully saturated rings. The second kappa shape index (κ2) is 6.42. The second-order valence-corrected chi connectivity index (χ2v) is 6.96. The Morgan fingerprint density at radius 2 is 1.76 bits per heavy atom. The molecule has 0 atom stereocenters. The van der Waals surface area contributed by atoms with Crippen molar-refractivity contribution in [2.45, 2.75) is 26.3 Å². The predicted molar refractivity (Wildman–Crippen MR) is 88.4 cm³/mol. The summed E-state index contributed by atoms with van der Waals surface area (Å²) in [7, 11) is 0. The highest BCUT2D eigenvalue weighted by molar-refractivity contribution is 6.43. The zero-order valence-corrected chi connectivity index (χ0v) is 14.1. The van der Waals surface area contributed by atoms with Crippen molar-refractivity contribution in [3.8, 4) is 0 Å². The van der Waals surface area contributed by atoms with Crippen molar-refractivity contribution in [2.24, 2.45) is 0 Å². The molecule has 1 saturated heterocycles. The third-order valence-corrected chi connectivity index (χ3v) is 4.53. The van der Waals surface area contributed by atoms with Crippen LogP contribution >= 0.6 is 23.2 Å². The van der Waals surface area contributed by atoms with Gasteiger partial charge in [-0.2, -0.15) is 0 Å². The number of urea groups is 1. The standard InChI is InChI=1S/C15H21Cl2N3O/c1-15(2,3)20-9-7-19(8-10-20)14(21)18-12-6-4-5-11(16)13(12)17/h4-6H,7-10H2,1-3H3,(H,18,21). The van der Waals surface area contributed by atoms with E-state index in [1.807, 2.05) is 0 Å². The Bertz CT molecular complexity index is 520. The van der Waals surface area contributed by atoms with Crippen molar-refractivity contribution >= 4 is 34.9 Å². The minimum atomic E-state index is -0.132. The molecule has 1 aromatic rings. The summed E-state index contributed by atoms with van der Waals surface area (Å²) in [5.74, 6) is 0. The van der Waals surface area contributed by atoms with Crippen LogP contribution in [0.1, 0.15) is 20.8 Å². The number of nitrogens with zero attached hydrogens (tertiary/aromatic N) is 2. The Labute approximate surface area is 136 Å². The van der Waals surface area contributed by atoms with E-state index < -0.39 is 0 Å². The molecule has 1 heterocycles. The summed E-state index contributed by atoms with van der Waals surface area (Å²) in [6, 6.07) is 5.08. The van der Waals surface area contributed by atoms with Crippen molar-refractivity contribution in [2.75, 3.05) is 31.5 Å². The maximum atomic E-state index is 12.3. The topological polar surface area (TPSA) is 35.6 Å². The number of benzene rings is 1. The molecule has 0 bridgehead atoms. The van der Waals surface area contributed by atoms with Gasteiger partial charge in [-0.25, -0.2) is 4.79 Å². The van der Waals surface area contributed by atoms with E-state index in [0.29, 0.717) is 28.8 Å². The van der Waals surface area contributed by atoms with Crippen molar-refractivity contribution in [1.82, 2.24) is 9.80 Å². The Kier molecular flexibility index (Phi) is 5.02. The molecule has 0 aliphatic carbocycles. The van der Waals surface area contributed by atoms with E-state index in [2.05, 4.69) is 31.0 Å². The molecule has 6 heteroatoms. The minimum absolute atomic E-state index is 0.132. The maximum Gasteiger partial charge on any atom is 0.321 e. The molecule has 21 heavy (non-hydrogen) atoms. The van der Waals surface area contributed by atoms with Gasteiger partial charge < -0.3 is 10.2 Å². The lowest BCUT2D eigenvalue weighted by Gasteiger charge is -2.42. The van der Waals surface area contributed by atoms with Gasteiger partial charge in [0.15, 0.2) is 0 Å². The monoisotopic (exact) mass is 329 g/mol. The van der Waals surface area contributed by atoms with Crippen LogP contribution in [-0.2, 0) is 0 Å². The fourth-order valence-corrected chi connectivity index (χ4v) is 2.72. The molecule has 2 rings (SSSR count). The van der Waals surface area contributed by atoms with Crippen molar-refractivity contribution in [1.29, 1.82) is 0 Å². The SMILES string of the molecule is CC(C)(C)N1CCN(C(=O)Nc2cccc(Cl)c2Cl)CC1. The van der Waals surface area contributed by atoms with E-state index in [4.69, 9.17) is 23.2 Å². The fourth-order valence-electron chi connectivity index (χ4n) is 2.37. The van der Waals surface area contributed by atoms with Gasteiger partial charge in [-0.3, -0.25) is 4.90 Å². The van der Waals surface area contributed by atoms with E-state index in [0.717, 1.165) is 13.1 Å². The summed E-state index contributed by atoms with van der Waals surface area (Å²) in [4.78, 5) is 16.5. The van der Waals surface area contributed by atoms with E-state index in [9.17, 15) is 4.79 Å². The summed E-state index contributed by atoms with van der Waals surface area (Å²) in [5, 5.41) is 3.64. The van der Waals surface area contributed by atoms with Crippen LogP contribution in [-0.4, -0.2) is 47.5 Å². The van der Waals surface area contributed by atoms with Crippen LogP contribution in [0.5, 0.6) is 0 Å². The Morgan fingerprint density at radius 3 is 2.33 bits per heavy atom. The predicted octanol–water partition coefficient (Wildman–Crippen LogP) is 3.94. The normalized spacial score (nSPS) is 16.9. The highest BCUT2D eigenvalue weighted by Gasteiger charge is 2.27. The smallest absolute Gasteiger partial charge is 0.321 e. The molecule has 1 aliphatic heterocycles. The van der Waals surface area contributed by atoms with E-state index >= 15 is 0 Å². The molecular weight excluding hydrogens is 309 g/mol. The zero-order chi connectivity index (χ0) is 15.6. The number of anilines is 1. The first-order valence-corrected chi connectivity index (χ1v) is 7.79. The molecule has 4 nitrogen and oxygen atoms in total. The van der Waals surface area contributed by atoms with Crippen LogP contribution in [0.15, 0.2) is 18.2 Å². The summed E-state index contributed by atoms with van der Waals surface area (Å²) < 4.78 is 0. The van der Waals surface area contributed by atoms with Gasteiger partial charge in [-0.05, 0) is 32.9 Å². The van der Waals surface area contributed by atoms with Gasteiger partial charge in [0.2, 0.25) is 0 Å². The number of nitrogens with one attached hydrogen (secondary N) is 1. The Morgan fingerprint density at radius 1 is 1.14 bits per heavy atom. The van der Waals surface area contributed by atoms with Gasteiger partial charge in [0, 0.05) is 31.7 Å². The first kappa shape index (κ1) is 16.4. The molecule has 1 aliphatic rings. The third kappa shape index (κ3) is 4.02. The van der Waals surface area contributed by atoms with Gasteiger partial charge in [0.25, 0.3) is 0 Å².